The smallest absolute Gasteiger partial charge is 0.278 e. The van der Waals surface area contributed by atoms with E-state index in [1.54, 1.807) is 33.9 Å². The molecule has 0 aliphatic carbocycles. The minimum absolute atomic E-state index is 0.153. The Balaban J connectivity index is 1.63. The minimum atomic E-state index is -1.62. The van der Waals surface area contributed by atoms with Gasteiger partial charge in [0.2, 0.25) is 5.95 Å². The molecule has 4 aromatic rings. The predicted molar refractivity (Wildman–Crippen MR) is 132 cm³/mol. The number of pyridine rings is 1. The summed E-state index contributed by atoms with van der Waals surface area (Å²) in [6.07, 6.45) is 5.28. The lowest BCUT2D eigenvalue weighted by molar-refractivity contribution is 0.214. The number of hydrogen-bond acceptors (Lipinski definition) is 6. The van der Waals surface area contributed by atoms with Crippen molar-refractivity contribution in [1.29, 1.82) is 0 Å². The first-order chi connectivity index (χ1) is 16.2. The lowest BCUT2D eigenvalue weighted by Crippen LogP contribution is -2.24. The van der Waals surface area contributed by atoms with Crippen molar-refractivity contribution < 1.29 is 4.39 Å². The van der Waals surface area contributed by atoms with Crippen LogP contribution < -0.4 is 16.2 Å². The van der Waals surface area contributed by atoms with Gasteiger partial charge in [-0.05, 0) is 70.4 Å². The molecule has 4 heterocycles. The fourth-order valence-electron chi connectivity index (χ4n) is 4.32. The number of rotatable bonds is 5. The molecule has 1 aromatic carbocycles. The first-order valence-electron chi connectivity index (χ1n) is 11.5. The van der Waals surface area contributed by atoms with Crippen molar-refractivity contribution in [3.8, 4) is 5.69 Å². The summed E-state index contributed by atoms with van der Waals surface area (Å²) >= 11 is 0. The van der Waals surface area contributed by atoms with E-state index in [0.717, 1.165) is 30.8 Å². The molecule has 8 nitrogen and oxygen atoms in total. The monoisotopic (exact) mass is 461 g/mol. The summed E-state index contributed by atoms with van der Waals surface area (Å²) < 4.78 is 18.0. The highest BCUT2D eigenvalue weighted by Gasteiger charge is 2.24. The van der Waals surface area contributed by atoms with Gasteiger partial charge in [-0.25, -0.2) is 18.7 Å². The van der Waals surface area contributed by atoms with Crippen LogP contribution in [0.3, 0.4) is 0 Å². The number of fused-ring (bicyclic) bond motifs is 2. The molecule has 0 amide bonds. The van der Waals surface area contributed by atoms with Gasteiger partial charge in [0, 0.05) is 36.4 Å². The Kier molecular flexibility index (Phi) is 5.34. The predicted octanol–water partition coefficient (Wildman–Crippen LogP) is 4.86. The van der Waals surface area contributed by atoms with Crippen LogP contribution in [-0.2, 0) is 12.1 Å². The molecule has 34 heavy (non-hydrogen) atoms. The third-order valence-corrected chi connectivity index (χ3v) is 6.01. The van der Waals surface area contributed by atoms with Crippen LogP contribution >= 0.6 is 0 Å². The second-order valence-electron chi connectivity index (χ2n) is 9.39. The molecule has 1 aliphatic rings. The molecule has 176 valence electrons. The number of alkyl halides is 1. The van der Waals surface area contributed by atoms with Gasteiger partial charge < -0.3 is 10.6 Å². The Bertz CT molecular complexity index is 1430. The Morgan fingerprint density at radius 2 is 2.00 bits per heavy atom. The quantitative estimate of drug-likeness (QED) is 0.441. The van der Waals surface area contributed by atoms with Crippen molar-refractivity contribution in [3.63, 3.8) is 0 Å². The average Bonchev–Trinajstić information content (AvgIpc) is 3.10. The zero-order valence-corrected chi connectivity index (χ0v) is 19.8. The van der Waals surface area contributed by atoms with Gasteiger partial charge in [-0.2, -0.15) is 4.98 Å². The van der Waals surface area contributed by atoms with E-state index in [0.29, 0.717) is 22.7 Å². The van der Waals surface area contributed by atoms with Gasteiger partial charge in [0.05, 0.1) is 11.4 Å². The maximum atomic E-state index is 14.6. The van der Waals surface area contributed by atoms with Crippen molar-refractivity contribution in [3.05, 3.63) is 64.3 Å². The first kappa shape index (κ1) is 22.1. The van der Waals surface area contributed by atoms with E-state index in [-0.39, 0.29) is 17.3 Å². The van der Waals surface area contributed by atoms with Crippen LogP contribution in [0.1, 0.15) is 51.4 Å². The summed E-state index contributed by atoms with van der Waals surface area (Å²) in [5.74, 6) is 0.373. The standard InChI is InChI=1S/C25H28FN7O/c1-15(2)32-23(34)19-14-29-24(30-17-8-7-16-6-5-10-27-20(16)12-17)31-22(19)33(32)18-9-11-28-21(13-18)25(3,4)26/h7-9,11-15,27H,5-6,10H2,1-4H3,(H,29,30,31). The van der Waals surface area contributed by atoms with Crippen LogP contribution in [0.2, 0.25) is 0 Å². The molecule has 3 aromatic heterocycles. The van der Waals surface area contributed by atoms with Gasteiger partial charge in [-0.1, -0.05) is 6.07 Å². The minimum Gasteiger partial charge on any atom is -0.385 e. The van der Waals surface area contributed by atoms with Gasteiger partial charge in [0.15, 0.2) is 5.65 Å². The van der Waals surface area contributed by atoms with Crippen molar-refractivity contribution >= 4 is 28.4 Å². The normalized spacial score (nSPS) is 13.7. The summed E-state index contributed by atoms with van der Waals surface area (Å²) in [6, 6.07) is 9.40. The molecule has 0 radical (unpaired) electrons. The Labute approximate surface area is 196 Å². The van der Waals surface area contributed by atoms with E-state index < -0.39 is 5.67 Å². The second-order valence-corrected chi connectivity index (χ2v) is 9.39. The zero-order chi connectivity index (χ0) is 24.0. The van der Waals surface area contributed by atoms with Gasteiger partial charge in [-0.3, -0.25) is 9.78 Å². The van der Waals surface area contributed by atoms with Crippen LogP contribution in [0, 0.1) is 0 Å². The van der Waals surface area contributed by atoms with Crippen molar-refractivity contribution in [2.24, 2.45) is 0 Å². The van der Waals surface area contributed by atoms with Crippen LogP contribution in [0.5, 0.6) is 0 Å². The molecule has 0 spiro atoms. The molecule has 0 saturated heterocycles. The number of anilines is 3. The molecule has 2 N–H and O–H groups in total. The van der Waals surface area contributed by atoms with E-state index in [2.05, 4.69) is 26.7 Å². The van der Waals surface area contributed by atoms with Gasteiger partial charge >= 0.3 is 0 Å². The van der Waals surface area contributed by atoms with Crippen LogP contribution in [0.4, 0.5) is 21.7 Å². The first-order valence-corrected chi connectivity index (χ1v) is 11.5. The Hall–Kier alpha value is -3.75. The molecule has 0 atom stereocenters. The maximum Gasteiger partial charge on any atom is 0.278 e. The number of halogens is 1. The third kappa shape index (κ3) is 3.91. The Morgan fingerprint density at radius 1 is 1.18 bits per heavy atom. The van der Waals surface area contributed by atoms with E-state index in [9.17, 15) is 9.18 Å². The fraction of sp³-hybridized carbons (Fsp3) is 0.360. The largest absolute Gasteiger partial charge is 0.385 e. The number of aryl methyl sites for hydroxylation is 1. The molecule has 0 bridgehead atoms. The zero-order valence-electron chi connectivity index (χ0n) is 19.8. The van der Waals surface area contributed by atoms with Gasteiger partial charge in [-0.15, -0.1) is 0 Å². The van der Waals surface area contributed by atoms with Gasteiger partial charge in [0.25, 0.3) is 5.56 Å². The van der Waals surface area contributed by atoms with E-state index >= 15 is 0 Å². The highest BCUT2D eigenvalue weighted by molar-refractivity contribution is 5.77. The average molecular weight is 462 g/mol. The summed E-state index contributed by atoms with van der Waals surface area (Å²) in [5.41, 5.74) is 2.77. The molecule has 0 unspecified atom stereocenters. The van der Waals surface area contributed by atoms with Gasteiger partial charge in [0.1, 0.15) is 11.1 Å². The number of benzene rings is 1. The molecular formula is C25H28FN7O. The number of hydrogen-bond donors (Lipinski definition) is 2. The van der Waals surface area contributed by atoms with Crippen LogP contribution in [0.15, 0.2) is 47.5 Å². The summed E-state index contributed by atoms with van der Waals surface area (Å²) in [4.78, 5) is 26.5. The molecule has 0 saturated carbocycles. The summed E-state index contributed by atoms with van der Waals surface area (Å²) in [6.45, 7) is 7.72. The lowest BCUT2D eigenvalue weighted by atomic mass is 10.0. The highest BCUT2D eigenvalue weighted by atomic mass is 19.1. The highest BCUT2D eigenvalue weighted by Crippen LogP contribution is 2.28. The third-order valence-electron chi connectivity index (χ3n) is 6.01. The summed E-state index contributed by atoms with van der Waals surface area (Å²) in [7, 11) is 0. The molecule has 1 aliphatic heterocycles. The molecule has 0 fully saturated rings. The molecule has 5 rings (SSSR count). The summed E-state index contributed by atoms with van der Waals surface area (Å²) in [5, 5.41) is 7.08. The van der Waals surface area contributed by atoms with E-state index in [1.807, 2.05) is 26.0 Å². The molecular weight excluding hydrogens is 433 g/mol. The molecule has 9 heteroatoms. The van der Waals surface area contributed by atoms with Crippen molar-refractivity contribution in [1.82, 2.24) is 24.3 Å². The van der Waals surface area contributed by atoms with Crippen molar-refractivity contribution in [2.45, 2.75) is 52.2 Å². The van der Waals surface area contributed by atoms with Crippen LogP contribution in [0.25, 0.3) is 16.7 Å². The second kappa shape index (κ2) is 8.23. The SMILES string of the molecule is CC(C)n1c(=O)c2cnc(Nc3ccc4c(c3)NCCC4)nc2n1-c1ccnc(C(C)(C)F)c1. The lowest BCUT2D eigenvalue weighted by Gasteiger charge is -2.19. The van der Waals surface area contributed by atoms with Crippen molar-refractivity contribution in [2.75, 3.05) is 17.2 Å². The number of nitrogens with one attached hydrogen (secondary N) is 2. The topological polar surface area (TPSA) is 89.7 Å². The number of nitrogens with zero attached hydrogens (tertiary/aromatic N) is 5. The maximum absolute atomic E-state index is 14.6. The fourth-order valence-corrected chi connectivity index (χ4v) is 4.32. The van der Waals surface area contributed by atoms with E-state index in [4.69, 9.17) is 4.98 Å². The number of aromatic nitrogens is 5. The van der Waals surface area contributed by atoms with E-state index in [1.165, 1.54) is 19.4 Å². The Morgan fingerprint density at radius 3 is 2.76 bits per heavy atom. The van der Waals surface area contributed by atoms with Crippen LogP contribution in [-0.4, -0.2) is 30.9 Å².